The fraction of sp³-hybridized carbons (Fsp3) is 0.842. The van der Waals surface area contributed by atoms with Crippen LogP contribution in [0.15, 0.2) is 12.2 Å². The molecule has 27 heavy (non-hydrogen) atoms. The molecule has 0 radical (unpaired) electrons. The summed E-state index contributed by atoms with van der Waals surface area (Å²) in [4.78, 5) is 11.5. The number of allylic oxidation sites excluding steroid dienone is 2. The van der Waals surface area contributed by atoms with Crippen LogP contribution in [0.2, 0.25) is 0 Å². The molecule has 0 aliphatic carbocycles. The van der Waals surface area contributed by atoms with Gasteiger partial charge in [-0.25, -0.2) is 4.18 Å². The van der Waals surface area contributed by atoms with Gasteiger partial charge in [0.1, 0.15) is 6.10 Å². The number of carbonyl (C=O) groups is 1. The normalized spacial score (nSPS) is 13.1. The molecule has 2 N–H and O–H groups in total. The average molecular weight is 409 g/mol. The van der Waals surface area contributed by atoms with E-state index in [4.69, 9.17) is 10.2 Å². The first-order valence-electron chi connectivity index (χ1n) is 9.97. The van der Waals surface area contributed by atoms with Gasteiger partial charge in [-0.2, -0.15) is 8.42 Å². The Bertz CT molecular complexity index is 488. The van der Waals surface area contributed by atoms with Crippen LogP contribution in [0, 0.1) is 0 Å². The zero-order valence-corrected chi connectivity index (χ0v) is 17.3. The standard InChI is InChI=1S/C19H36O7S/c1-2-3-4-5-6-7-8-9-10-11-12-13-14-15-19(22)26-27(23,24)25-17-18(21)16-20/h7-8,18,20-21H,2-6,9-17H2,1H3/b8-7-. The van der Waals surface area contributed by atoms with Gasteiger partial charge in [0.2, 0.25) is 0 Å². The molecule has 0 aromatic rings. The molecule has 0 spiro atoms. The second kappa shape index (κ2) is 17.2. The largest absolute Gasteiger partial charge is 0.451 e. The van der Waals surface area contributed by atoms with E-state index in [0.29, 0.717) is 6.42 Å². The summed E-state index contributed by atoms with van der Waals surface area (Å²) in [5.74, 6) is -0.875. The number of hydrogen-bond donors (Lipinski definition) is 2. The average Bonchev–Trinajstić information content (AvgIpc) is 2.63. The van der Waals surface area contributed by atoms with E-state index in [1.54, 1.807) is 0 Å². The molecule has 0 bridgehead atoms. The van der Waals surface area contributed by atoms with E-state index in [1.165, 1.54) is 25.7 Å². The molecule has 0 aliphatic rings. The number of aliphatic hydroxyl groups is 2. The Balaban J connectivity index is 3.56. The van der Waals surface area contributed by atoms with E-state index in [9.17, 15) is 13.2 Å². The topological polar surface area (TPSA) is 110 Å². The van der Waals surface area contributed by atoms with Gasteiger partial charge in [0.05, 0.1) is 13.2 Å². The number of hydrogen-bond acceptors (Lipinski definition) is 7. The zero-order valence-electron chi connectivity index (χ0n) is 16.5. The summed E-state index contributed by atoms with van der Waals surface area (Å²) in [6, 6.07) is 0. The molecule has 7 nitrogen and oxygen atoms in total. The van der Waals surface area contributed by atoms with Crippen molar-refractivity contribution in [3.05, 3.63) is 12.2 Å². The first kappa shape index (κ1) is 26.0. The van der Waals surface area contributed by atoms with Crippen molar-refractivity contribution < 1.29 is 31.8 Å². The van der Waals surface area contributed by atoms with Crippen molar-refractivity contribution in [3.8, 4) is 0 Å². The van der Waals surface area contributed by atoms with Gasteiger partial charge in [-0.1, -0.05) is 57.6 Å². The fourth-order valence-electron chi connectivity index (χ4n) is 2.38. The van der Waals surface area contributed by atoms with Gasteiger partial charge in [-0.05, 0) is 32.1 Å². The van der Waals surface area contributed by atoms with Crippen LogP contribution in [-0.4, -0.2) is 43.9 Å². The maximum absolute atomic E-state index is 11.5. The molecule has 0 saturated heterocycles. The molecule has 0 aliphatic heterocycles. The lowest BCUT2D eigenvalue weighted by Crippen LogP contribution is -2.24. The highest BCUT2D eigenvalue weighted by molar-refractivity contribution is 7.82. The molecule has 0 saturated carbocycles. The summed E-state index contributed by atoms with van der Waals surface area (Å²) < 4.78 is 31.2. The van der Waals surface area contributed by atoms with Crippen LogP contribution in [0.3, 0.4) is 0 Å². The quantitative estimate of drug-likeness (QED) is 0.264. The van der Waals surface area contributed by atoms with Crippen molar-refractivity contribution in [2.24, 2.45) is 0 Å². The van der Waals surface area contributed by atoms with E-state index in [0.717, 1.165) is 38.5 Å². The third kappa shape index (κ3) is 18.2. The van der Waals surface area contributed by atoms with Crippen LogP contribution < -0.4 is 0 Å². The van der Waals surface area contributed by atoms with Gasteiger partial charge >= 0.3 is 16.4 Å². The minimum atomic E-state index is -4.48. The zero-order chi connectivity index (χ0) is 20.4. The Kier molecular flexibility index (Phi) is 16.5. The highest BCUT2D eigenvalue weighted by Gasteiger charge is 2.19. The highest BCUT2D eigenvalue weighted by Crippen LogP contribution is 2.10. The minimum absolute atomic E-state index is 0.00278. The van der Waals surface area contributed by atoms with Crippen molar-refractivity contribution in [2.75, 3.05) is 13.2 Å². The Morgan fingerprint density at radius 3 is 2.11 bits per heavy atom. The SMILES string of the molecule is CCCCCC/C=C\CCCCCCCC(=O)OS(=O)(=O)OCC(O)CO. The van der Waals surface area contributed by atoms with Crippen molar-refractivity contribution in [1.29, 1.82) is 0 Å². The summed E-state index contributed by atoms with van der Waals surface area (Å²) in [7, 11) is -4.48. The Labute approximate surface area is 164 Å². The van der Waals surface area contributed by atoms with Crippen molar-refractivity contribution in [1.82, 2.24) is 0 Å². The Hall–Kier alpha value is -0.960. The van der Waals surface area contributed by atoms with Crippen LogP contribution in [0.5, 0.6) is 0 Å². The molecule has 1 unspecified atom stereocenters. The van der Waals surface area contributed by atoms with Gasteiger partial charge in [0.25, 0.3) is 0 Å². The van der Waals surface area contributed by atoms with Crippen molar-refractivity contribution >= 4 is 16.4 Å². The number of aliphatic hydroxyl groups excluding tert-OH is 2. The summed E-state index contributed by atoms with van der Waals surface area (Å²) in [5.41, 5.74) is 0. The van der Waals surface area contributed by atoms with Gasteiger partial charge in [0.15, 0.2) is 0 Å². The minimum Gasteiger partial charge on any atom is -0.394 e. The van der Waals surface area contributed by atoms with E-state index < -0.39 is 35.7 Å². The number of rotatable bonds is 18. The molecule has 0 heterocycles. The molecular formula is C19H36O7S. The molecule has 0 aromatic carbocycles. The summed E-state index contributed by atoms with van der Waals surface area (Å²) in [5, 5.41) is 17.6. The molecule has 1 atom stereocenters. The lowest BCUT2D eigenvalue weighted by atomic mass is 10.1. The predicted molar refractivity (Wildman–Crippen MR) is 104 cm³/mol. The maximum Gasteiger partial charge on any atom is 0.451 e. The smallest absolute Gasteiger partial charge is 0.394 e. The maximum atomic E-state index is 11.5. The molecule has 0 fully saturated rings. The molecule has 160 valence electrons. The van der Waals surface area contributed by atoms with Gasteiger partial charge < -0.3 is 14.4 Å². The lowest BCUT2D eigenvalue weighted by molar-refractivity contribution is -0.134. The van der Waals surface area contributed by atoms with E-state index >= 15 is 0 Å². The molecule has 0 amide bonds. The van der Waals surface area contributed by atoms with Crippen molar-refractivity contribution in [2.45, 2.75) is 90.1 Å². The molecule has 0 aromatic heterocycles. The first-order valence-corrected chi connectivity index (χ1v) is 11.3. The number of carbonyl (C=O) groups excluding carboxylic acids is 1. The lowest BCUT2D eigenvalue weighted by Gasteiger charge is -2.08. The predicted octanol–water partition coefficient (Wildman–Crippen LogP) is 3.40. The molecule has 0 rings (SSSR count). The first-order chi connectivity index (χ1) is 12.9. The van der Waals surface area contributed by atoms with Gasteiger partial charge in [-0.15, -0.1) is 0 Å². The van der Waals surface area contributed by atoms with Crippen LogP contribution in [0.4, 0.5) is 0 Å². The fourth-order valence-corrected chi connectivity index (χ4v) is 3.06. The van der Waals surface area contributed by atoms with Crippen LogP contribution in [0.1, 0.15) is 84.0 Å². The Morgan fingerprint density at radius 2 is 1.52 bits per heavy atom. The molecule has 8 heteroatoms. The van der Waals surface area contributed by atoms with Crippen LogP contribution >= 0.6 is 0 Å². The third-order valence-electron chi connectivity index (χ3n) is 3.95. The van der Waals surface area contributed by atoms with E-state index in [2.05, 4.69) is 27.4 Å². The summed E-state index contributed by atoms with van der Waals surface area (Å²) in [6.07, 6.45) is 15.1. The highest BCUT2D eigenvalue weighted by atomic mass is 32.3. The van der Waals surface area contributed by atoms with E-state index in [-0.39, 0.29) is 6.42 Å². The third-order valence-corrected chi connectivity index (χ3v) is 4.77. The van der Waals surface area contributed by atoms with Gasteiger partial charge in [-0.3, -0.25) is 4.79 Å². The summed E-state index contributed by atoms with van der Waals surface area (Å²) >= 11 is 0. The van der Waals surface area contributed by atoms with Crippen LogP contribution in [0.25, 0.3) is 0 Å². The second-order valence-electron chi connectivity index (χ2n) is 6.61. The monoisotopic (exact) mass is 408 g/mol. The van der Waals surface area contributed by atoms with E-state index in [1.807, 2.05) is 0 Å². The Morgan fingerprint density at radius 1 is 0.963 bits per heavy atom. The van der Waals surface area contributed by atoms with Crippen LogP contribution in [-0.2, 0) is 23.6 Å². The number of unbranched alkanes of at least 4 members (excludes halogenated alkanes) is 9. The van der Waals surface area contributed by atoms with Crippen molar-refractivity contribution in [3.63, 3.8) is 0 Å². The summed E-state index contributed by atoms with van der Waals surface area (Å²) in [6.45, 7) is 0.916. The van der Waals surface area contributed by atoms with Gasteiger partial charge in [0, 0.05) is 6.42 Å². The molecular weight excluding hydrogens is 372 g/mol. The second-order valence-corrected chi connectivity index (χ2v) is 7.83.